The molecule has 0 fully saturated rings. The highest BCUT2D eigenvalue weighted by Gasteiger charge is 2.05. The molecule has 88 valence electrons. The van der Waals surface area contributed by atoms with Crippen LogP contribution < -0.4 is 5.32 Å². The van der Waals surface area contributed by atoms with E-state index >= 15 is 0 Å². The fourth-order valence-corrected chi connectivity index (χ4v) is 1.71. The normalized spacial score (nSPS) is 10.2. The molecule has 3 heteroatoms. The van der Waals surface area contributed by atoms with Gasteiger partial charge in [0.2, 0.25) is 5.91 Å². The number of rotatable bonds is 4. The molecule has 1 aromatic heterocycles. The molecular formula is C14H16N2O. The lowest BCUT2D eigenvalue weighted by Crippen LogP contribution is -2.24. The van der Waals surface area contributed by atoms with Crippen molar-refractivity contribution in [3.05, 3.63) is 59.4 Å². The molecule has 0 unspecified atom stereocenters. The van der Waals surface area contributed by atoms with Gasteiger partial charge in [-0.25, -0.2) is 0 Å². The lowest BCUT2D eigenvalue weighted by Gasteiger charge is -2.06. The highest BCUT2D eigenvalue weighted by Crippen LogP contribution is 2.07. The van der Waals surface area contributed by atoms with Gasteiger partial charge in [-0.3, -0.25) is 4.79 Å². The Morgan fingerprint density at radius 3 is 2.82 bits per heavy atom. The first kappa shape index (κ1) is 11.5. The maximum atomic E-state index is 11.7. The zero-order chi connectivity index (χ0) is 12.1. The molecule has 0 aliphatic rings. The standard InChI is InChI=1S/C14H16N2O/c1-11-4-2-3-5-13(11)8-14(17)16-10-12-6-7-15-9-12/h2-7,9,15H,8,10H2,1H3,(H,16,17). The minimum Gasteiger partial charge on any atom is -0.367 e. The van der Waals surface area contributed by atoms with Crippen LogP contribution in [0.15, 0.2) is 42.7 Å². The second kappa shape index (κ2) is 5.34. The monoisotopic (exact) mass is 228 g/mol. The van der Waals surface area contributed by atoms with E-state index in [4.69, 9.17) is 0 Å². The van der Waals surface area contributed by atoms with Gasteiger partial charge in [0.05, 0.1) is 6.42 Å². The van der Waals surface area contributed by atoms with Crippen molar-refractivity contribution in [1.82, 2.24) is 10.3 Å². The average molecular weight is 228 g/mol. The topological polar surface area (TPSA) is 44.9 Å². The molecule has 0 radical (unpaired) electrons. The van der Waals surface area contributed by atoms with Crippen molar-refractivity contribution in [3.8, 4) is 0 Å². The maximum absolute atomic E-state index is 11.7. The van der Waals surface area contributed by atoms with Crippen molar-refractivity contribution in [3.63, 3.8) is 0 Å². The molecule has 1 heterocycles. The van der Waals surface area contributed by atoms with Crippen LogP contribution in [0, 0.1) is 6.92 Å². The van der Waals surface area contributed by atoms with Crippen molar-refractivity contribution in [2.45, 2.75) is 19.9 Å². The zero-order valence-corrected chi connectivity index (χ0v) is 9.86. The van der Waals surface area contributed by atoms with Crippen LogP contribution in [0.5, 0.6) is 0 Å². The molecule has 2 aromatic rings. The largest absolute Gasteiger partial charge is 0.367 e. The number of hydrogen-bond donors (Lipinski definition) is 2. The van der Waals surface area contributed by atoms with E-state index in [1.54, 1.807) is 0 Å². The molecule has 0 bridgehead atoms. The molecule has 0 saturated heterocycles. The summed E-state index contributed by atoms with van der Waals surface area (Å²) in [5, 5.41) is 2.90. The van der Waals surface area contributed by atoms with Crippen LogP contribution in [-0.4, -0.2) is 10.9 Å². The summed E-state index contributed by atoms with van der Waals surface area (Å²) in [4.78, 5) is 14.7. The summed E-state index contributed by atoms with van der Waals surface area (Å²) >= 11 is 0. The summed E-state index contributed by atoms with van der Waals surface area (Å²) in [7, 11) is 0. The summed E-state index contributed by atoms with van der Waals surface area (Å²) in [5.74, 6) is 0.0560. The average Bonchev–Trinajstić information content (AvgIpc) is 2.82. The van der Waals surface area contributed by atoms with Gasteiger partial charge in [0.25, 0.3) is 0 Å². The quantitative estimate of drug-likeness (QED) is 0.827. The van der Waals surface area contributed by atoms with Crippen molar-refractivity contribution in [2.24, 2.45) is 0 Å². The molecule has 17 heavy (non-hydrogen) atoms. The second-order valence-corrected chi connectivity index (χ2v) is 4.10. The van der Waals surface area contributed by atoms with Crippen LogP contribution in [0.2, 0.25) is 0 Å². The Morgan fingerprint density at radius 1 is 1.29 bits per heavy atom. The van der Waals surface area contributed by atoms with Gasteiger partial charge in [-0.05, 0) is 29.7 Å². The van der Waals surface area contributed by atoms with E-state index in [9.17, 15) is 4.79 Å². The molecule has 0 atom stereocenters. The van der Waals surface area contributed by atoms with Crippen LogP contribution in [0.3, 0.4) is 0 Å². The van der Waals surface area contributed by atoms with Gasteiger partial charge >= 0.3 is 0 Å². The highest BCUT2D eigenvalue weighted by molar-refractivity contribution is 5.78. The fourth-order valence-electron chi connectivity index (χ4n) is 1.71. The number of amides is 1. The number of H-pyrrole nitrogens is 1. The highest BCUT2D eigenvalue weighted by atomic mass is 16.1. The van der Waals surface area contributed by atoms with E-state index in [2.05, 4.69) is 10.3 Å². The van der Waals surface area contributed by atoms with Crippen LogP contribution in [0.25, 0.3) is 0 Å². The number of aromatic nitrogens is 1. The number of aryl methyl sites for hydroxylation is 1. The maximum Gasteiger partial charge on any atom is 0.224 e. The smallest absolute Gasteiger partial charge is 0.224 e. The van der Waals surface area contributed by atoms with E-state index in [1.165, 1.54) is 0 Å². The van der Waals surface area contributed by atoms with Crippen molar-refractivity contribution >= 4 is 5.91 Å². The fraction of sp³-hybridized carbons (Fsp3) is 0.214. The Kier molecular flexibility index (Phi) is 3.60. The minimum absolute atomic E-state index is 0.0560. The molecule has 2 N–H and O–H groups in total. The lowest BCUT2D eigenvalue weighted by molar-refractivity contribution is -0.120. The Labute approximate surface area is 101 Å². The molecular weight excluding hydrogens is 212 g/mol. The predicted octanol–water partition coefficient (Wildman–Crippen LogP) is 2.18. The first-order chi connectivity index (χ1) is 8.25. The molecule has 2 rings (SSSR count). The SMILES string of the molecule is Cc1ccccc1CC(=O)NCc1cc[nH]c1. The van der Waals surface area contributed by atoms with Gasteiger partial charge < -0.3 is 10.3 Å². The third-order valence-electron chi connectivity index (χ3n) is 2.76. The Balaban J connectivity index is 1.87. The van der Waals surface area contributed by atoms with Crippen molar-refractivity contribution < 1.29 is 4.79 Å². The zero-order valence-electron chi connectivity index (χ0n) is 9.86. The van der Waals surface area contributed by atoms with E-state index in [1.807, 2.05) is 49.6 Å². The summed E-state index contributed by atoms with van der Waals surface area (Å²) < 4.78 is 0. The molecule has 0 saturated carbocycles. The summed E-state index contributed by atoms with van der Waals surface area (Å²) in [6.07, 6.45) is 4.17. The minimum atomic E-state index is 0.0560. The molecule has 0 aliphatic heterocycles. The summed E-state index contributed by atoms with van der Waals surface area (Å²) in [6, 6.07) is 9.91. The third kappa shape index (κ3) is 3.21. The van der Waals surface area contributed by atoms with E-state index in [-0.39, 0.29) is 5.91 Å². The molecule has 0 aliphatic carbocycles. The molecule has 3 nitrogen and oxygen atoms in total. The Morgan fingerprint density at radius 2 is 2.12 bits per heavy atom. The van der Waals surface area contributed by atoms with Crippen LogP contribution >= 0.6 is 0 Å². The van der Waals surface area contributed by atoms with E-state index in [0.717, 1.165) is 16.7 Å². The van der Waals surface area contributed by atoms with Gasteiger partial charge in [0.1, 0.15) is 0 Å². The molecule has 1 aromatic carbocycles. The van der Waals surface area contributed by atoms with Crippen molar-refractivity contribution in [1.29, 1.82) is 0 Å². The summed E-state index contributed by atoms with van der Waals surface area (Å²) in [5.41, 5.74) is 3.33. The van der Waals surface area contributed by atoms with Crippen LogP contribution in [0.4, 0.5) is 0 Å². The van der Waals surface area contributed by atoms with Gasteiger partial charge in [0.15, 0.2) is 0 Å². The Hall–Kier alpha value is -2.03. The lowest BCUT2D eigenvalue weighted by atomic mass is 10.1. The number of carbonyl (C=O) groups is 1. The number of hydrogen-bond acceptors (Lipinski definition) is 1. The first-order valence-electron chi connectivity index (χ1n) is 5.68. The van der Waals surface area contributed by atoms with Crippen LogP contribution in [0.1, 0.15) is 16.7 Å². The van der Waals surface area contributed by atoms with Crippen LogP contribution in [-0.2, 0) is 17.8 Å². The van der Waals surface area contributed by atoms with Gasteiger partial charge in [0, 0.05) is 18.9 Å². The van der Waals surface area contributed by atoms with Gasteiger partial charge in [-0.1, -0.05) is 24.3 Å². The van der Waals surface area contributed by atoms with Crippen molar-refractivity contribution in [2.75, 3.05) is 0 Å². The number of aromatic amines is 1. The predicted molar refractivity (Wildman–Crippen MR) is 67.5 cm³/mol. The summed E-state index contributed by atoms with van der Waals surface area (Å²) in [6.45, 7) is 2.60. The first-order valence-corrected chi connectivity index (χ1v) is 5.68. The molecule has 0 spiro atoms. The van der Waals surface area contributed by atoms with E-state index < -0.39 is 0 Å². The number of carbonyl (C=O) groups excluding carboxylic acids is 1. The van der Waals surface area contributed by atoms with Gasteiger partial charge in [-0.15, -0.1) is 0 Å². The molecule has 1 amide bonds. The third-order valence-corrected chi connectivity index (χ3v) is 2.76. The number of nitrogens with one attached hydrogen (secondary N) is 2. The van der Waals surface area contributed by atoms with E-state index in [0.29, 0.717) is 13.0 Å². The second-order valence-electron chi connectivity index (χ2n) is 4.10. The number of benzene rings is 1. The van der Waals surface area contributed by atoms with Gasteiger partial charge in [-0.2, -0.15) is 0 Å². The Bertz CT molecular complexity index is 489.